The SMILES string of the molecule is CN(C)C1(CNS(=O)(=O)CCOc2ccccc2F)CCCCC1.O=CO.O=CO. The Hall–Kier alpha value is -2.24. The van der Waals surface area contributed by atoms with Crippen LogP contribution < -0.4 is 9.46 Å². The Balaban J connectivity index is 0.00000125. The summed E-state index contributed by atoms with van der Waals surface area (Å²) in [6, 6.07) is 5.98. The molecule has 0 bridgehead atoms. The van der Waals surface area contributed by atoms with Gasteiger partial charge in [0.05, 0.1) is 5.75 Å². The molecule has 172 valence electrons. The molecule has 0 aromatic heterocycles. The molecule has 0 aliphatic heterocycles. The molecule has 1 aromatic carbocycles. The second-order valence-corrected chi connectivity index (χ2v) is 8.74. The lowest BCUT2D eigenvalue weighted by molar-refractivity contribution is -0.123. The van der Waals surface area contributed by atoms with E-state index in [-0.39, 0.29) is 36.6 Å². The summed E-state index contributed by atoms with van der Waals surface area (Å²) < 4.78 is 45.8. The smallest absolute Gasteiger partial charge is 0.290 e. The second kappa shape index (κ2) is 14.7. The molecular formula is C19H31FN2O7S. The number of benzene rings is 1. The largest absolute Gasteiger partial charge is 0.489 e. The zero-order valence-electron chi connectivity index (χ0n) is 17.3. The van der Waals surface area contributed by atoms with Crippen LogP contribution in [0.15, 0.2) is 24.3 Å². The van der Waals surface area contributed by atoms with Crippen molar-refractivity contribution in [3.63, 3.8) is 0 Å². The monoisotopic (exact) mass is 450 g/mol. The quantitative estimate of drug-likeness (QED) is 0.511. The van der Waals surface area contributed by atoms with Gasteiger partial charge in [-0.3, -0.25) is 9.59 Å². The summed E-state index contributed by atoms with van der Waals surface area (Å²) in [4.78, 5) is 18.9. The van der Waals surface area contributed by atoms with Gasteiger partial charge in [0.25, 0.3) is 12.9 Å². The zero-order chi connectivity index (χ0) is 23.0. The molecule has 1 aliphatic carbocycles. The van der Waals surface area contributed by atoms with Gasteiger partial charge >= 0.3 is 0 Å². The molecule has 0 saturated heterocycles. The topological polar surface area (TPSA) is 133 Å². The van der Waals surface area contributed by atoms with Gasteiger partial charge in [-0.05, 0) is 39.1 Å². The molecule has 1 saturated carbocycles. The van der Waals surface area contributed by atoms with E-state index in [1.807, 2.05) is 14.1 Å². The predicted octanol–water partition coefficient (Wildman–Crippen LogP) is 1.79. The van der Waals surface area contributed by atoms with Crippen LogP contribution in [0.25, 0.3) is 0 Å². The van der Waals surface area contributed by atoms with E-state index in [9.17, 15) is 12.8 Å². The molecule has 2 rings (SSSR count). The summed E-state index contributed by atoms with van der Waals surface area (Å²) in [5.74, 6) is -0.605. The lowest BCUT2D eigenvalue weighted by Crippen LogP contribution is -2.54. The van der Waals surface area contributed by atoms with Crippen molar-refractivity contribution in [3.8, 4) is 5.75 Å². The molecule has 1 aromatic rings. The Labute approximate surface area is 176 Å². The highest BCUT2D eigenvalue weighted by molar-refractivity contribution is 7.89. The van der Waals surface area contributed by atoms with Crippen molar-refractivity contribution in [2.24, 2.45) is 0 Å². The fourth-order valence-corrected chi connectivity index (χ4v) is 4.07. The zero-order valence-corrected chi connectivity index (χ0v) is 18.1. The fraction of sp³-hybridized carbons (Fsp3) is 0.579. The lowest BCUT2D eigenvalue weighted by atomic mass is 9.81. The minimum atomic E-state index is -3.46. The standard InChI is InChI=1S/C17H27FN2O3S.2CH2O2/c1-20(2)17(10-6-3-7-11-17)14-19-24(21,22)13-12-23-16-9-5-4-8-15(16)18;2*2-1-3/h4-5,8-9,19H,3,6-7,10-14H2,1-2H3;2*1H,(H,2,3). The van der Waals surface area contributed by atoms with Crippen LogP contribution in [-0.4, -0.2) is 75.0 Å². The maximum Gasteiger partial charge on any atom is 0.290 e. The summed E-state index contributed by atoms with van der Waals surface area (Å²) in [7, 11) is 0.542. The van der Waals surface area contributed by atoms with Gasteiger partial charge in [0, 0.05) is 12.1 Å². The van der Waals surface area contributed by atoms with Crippen molar-refractivity contribution in [1.29, 1.82) is 0 Å². The van der Waals surface area contributed by atoms with Gasteiger partial charge in [0.1, 0.15) is 6.61 Å². The van der Waals surface area contributed by atoms with Crippen LogP contribution >= 0.6 is 0 Å². The Bertz CT molecular complexity index is 717. The molecule has 1 aliphatic rings. The third-order valence-electron chi connectivity index (χ3n) is 4.80. The van der Waals surface area contributed by atoms with Gasteiger partial charge in [0.15, 0.2) is 11.6 Å². The summed E-state index contributed by atoms with van der Waals surface area (Å²) in [5.41, 5.74) is -0.113. The highest BCUT2D eigenvalue weighted by Gasteiger charge is 2.35. The number of nitrogens with one attached hydrogen (secondary N) is 1. The number of carbonyl (C=O) groups is 2. The van der Waals surface area contributed by atoms with E-state index in [2.05, 4.69) is 9.62 Å². The number of ether oxygens (including phenoxy) is 1. The van der Waals surface area contributed by atoms with Crippen molar-refractivity contribution in [2.45, 2.75) is 37.6 Å². The predicted molar refractivity (Wildman–Crippen MR) is 111 cm³/mol. The number of nitrogens with zero attached hydrogens (tertiary/aromatic N) is 1. The van der Waals surface area contributed by atoms with Crippen LogP contribution in [0.1, 0.15) is 32.1 Å². The summed E-state index contributed by atoms with van der Waals surface area (Å²) in [6.07, 6.45) is 5.44. The number of para-hydroxylation sites is 1. The molecule has 3 N–H and O–H groups in total. The number of rotatable bonds is 8. The van der Waals surface area contributed by atoms with Gasteiger partial charge in [-0.25, -0.2) is 17.5 Å². The molecule has 0 radical (unpaired) electrons. The van der Waals surface area contributed by atoms with Gasteiger partial charge in [-0.15, -0.1) is 0 Å². The van der Waals surface area contributed by atoms with Crippen LogP contribution in [-0.2, 0) is 19.6 Å². The minimum Gasteiger partial charge on any atom is -0.489 e. The van der Waals surface area contributed by atoms with E-state index in [0.29, 0.717) is 6.54 Å². The number of hydrogen-bond donors (Lipinski definition) is 3. The maximum atomic E-state index is 13.4. The average Bonchev–Trinajstić information content (AvgIpc) is 2.70. The van der Waals surface area contributed by atoms with Crippen molar-refractivity contribution >= 4 is 23.0 Å². The van der Waals surface area contributed by atoms with Gasteiger partial charge in [-0.1, -0.05) is 31.4 Å². The van der Waals surface area contributed by atoms with Crippen LogP contribution in [0.3, 0.4) is 0 Å². The second-order valence-electron chi connectivity index (χ2n) is 6.81. The number of hydrogen-bond acceptors (Lipinski definition) is 6. The molecule has 0 spiro atoms. The first kappa shape index (κ1) is 27.8. The van der Waals surface area contributed by atoms with Crippen LogP contribution in [0.5, 0.6) is 5.75 Å². The third-order valence-corrected chi connectivity index (χ3v) is 6.09. The number of halogens is 1. The maximum absolute atomic E-state index is 13.4. The summed E-state index contributed by atoms with van der Waals surface area (Å²) >= 11 is 0. The number of likely N-dealkylation sites (N-methyl/N-ethyl adjacent to an activating group) is 1. The molecule has 30 heavy (non-hydrogen) atoms. The van der Waals surface area contributed by atoms with Crippen LogP contribution in [0.2, 0.25) is 0 Å². The van der Waals surface area contributed by atoms with Gasteiger partial charge in [0.2, 0.25) is 10.0 Å². The minimum absolute atomic E-state index is 0.0738. The normalized spacial score (nSPS) is 15.1. The average molecular weight is 451 g/mol. The van der Waals surface area contributed by atoms with Gasteiger partial charge in [-0.2, -0.15) is 0 Å². The number of carboxylic acid groups (broad SMARTS) is 2. The van der Waals surface area contributed by atoms with Crippen LogP contribution in [0.4, 0.5) is 4.39 Å². The van der Waals surface area contributed by atoms with Gasteiger partial charge < -0.3 is 19.8 Å². The molecular weight excluding hydrogens is 419 g/mol. The molecule has 9 nitrogen and oxygen atoms in total. The lowest BCUT2D eigenvalue weighted by Gasteiger charge is -2.43. The first-order valence-electron chi connectivity index (χ1n) is 9.36. The van der Waals surface area contributed by atoms with Crippen LogP contribution in [0, 0.1) is 5.82 Å². The van der Waals surface area contributed by atoms with Crippen molar-refractivity contribution in [3.05, 3.63) is 30.1 Å². The van der Waals surface area contributed by atoms with Crippen molar-refractivity contribution < 1.29 is 37.3 Å². The van der Waals surface area contributed by atoms with E-state index in [1.54, 1.807) is 12.1 Å². The van der Waals surface area contributed by atoms with E-state index in [4.69, 9.17) is 24.5 Å². The number of sulfonamides is 1. The van der Waals surface area contributed by atoms with E-state index >= 15 is 0 Å². The Morgan fingerprint density at radius 1 is 1.13 bits per heavy atom. The fourth-order valence-electron chi connectivity index (χ4n) is 3.13. The first-order chi connectivity index (χ1) is 14.2. The molecule has 1 fully saturated rings. The Morgan fingerprint density at radius 2 is 1.67 bits per heavy atom. The Kier molecular flexibility index (Phi) is 13.6. The summed E-state index contributed by atoms with van der Waals surface area (Å²) in [6.45, 7) is -0.173. The van der Waals surface area contributed by atoms with Crippen molar-refractivity contribution in [1.82, 2.24) is 9.62 Å². The van der Waals surface area contributed by atoms with E-state index in [1.165, 1.54) is 18.6 Å². The molecule has 0 amide bonds. The summed E-state index contributed by atoms with van der Waals surface area (Å²) in [5, 5.41) is 13.8. The van der Waals surface area contributed by atoms with E-state index < -0.39 is 15.8 Å². The first-order valence-corrected chi connectivity index (χ1v) is 11.0. The van der Waals surface area contributed by atoms with Crippen molar-refractivity contribution in [2.75, 3.05) is 33.0 Å². The van der Waals surface area contributed by atoms with E-state index in [0.717, 1.165) is 25.7 Å². The molecule has 11 heteroatoms. The highest BCUT2D eigenvalue weighted by Crippen LogP contribution is 2.31. The molecule has 0 atom stereocenters. The molecule has 0 unspecified atom stereocenters. The molecule has 0 heterocycles. The third kappa shape index (κ3) is 10.5. The highest BCUT2D eigenvalue weighted by atomic mass is 32.2. The Morgan fingerprint density at radius 3 is 2.17 bits per heavy atom.